The molecule has 0 aliphatic carbocycles. The number of para-hydroxylation sites is 1. The summed E-state index contributed by atoms with van der Waals surface area (Å²) in [7, 11) is 0. The highest BCUT2D eigenvalue weighted by molar-refractivity contribution is 6.33. The first-order valence-corrected chi connectivity index (χ1v) is 8.88. The molecular weight excluding hydrogens is 354 g/mol. The number of amides is 1. The fraction of sp³-hybridized carbons (Fsp3) is 0.333. The maximum absolute atomic E-state index is 12.7. The standard InChI is InChI=1S/C18H18ClN5O2/c1-11-15-16(20-10-21-18(15)26-23-11)24-8-4-5-12(9-24)17(25)22-14-7-3-2-6-13(14)19/h2-3,6-7,10,12H,4-5,8-9H2,1H3,(H,22,25)/t12-/m0/s1. The molecule has 26 heavy (non-hydrogen) atoms. The summed E-state index contributed by atoms with van der Waals surface area (Å²) in [5.41, 5.74) is 1.85. The van der Waals surface area contributed by atoms with Gasteiger partial charge in [0.05, 0.1) is 22.3 Å². The average Bonchev–Trinajstić information content (AvgIpc) is 3.05. The molecule has 134 valence electrons. The Morgan fingerprint density at radius 3 is 3.04 bits per heavy atom. The van der Waals surface area contributed by atoms with E-state index in [-0.39, 0.29) is 11.8 Å². The van der Waals surface area contributed by atoms with Crippen LogP contribution in [0.2, 0.25) is 5.02 Å². The number of fused-ring (bicyclic) bond motifs is 1. The molecular formula is C18H18ClN5O2. The van der Waals surface area contributed by atoms with Crippen molar-refractivity contribution in [2.75, 3.05) is 23.3 Å². The van der Waals surface area contributed by atoms with Gasteiger partial charge in [-0.1, -0.05) is 28.9 Å². The van der Waals surface area contributed by atoms with E-state index in [2.05, 4.69) is 25.3 Å². The summed E-state index contributed by atoms with van der Waals surface area (Å²) in [6, 6.07) is 7.24. The number of aromatic nitrogens is 3. The molecule has 1 atom stereocenters. The number of hydrogen-bond acceptors (Lipinski definition) is 6. The molecule has 0 saturated carbocycles. The van der Waals surface area contributed by atoms with Crippen LogP contribution in [0.15, 0.2) is 35.1 Å². The average molecular weight is 372 g/mol. The minimum Gasteiger partial charge on any atom is -0.355 e. The number of halogens is 1. The number of rotatable bonds is 3. The molecule has 7 nitrogen and oxygen atoms in total. The van der Waals surface area contributed by atoms with Gasteiger partial charge < -0.3 is 14.7 Å². The van der Waals surface area contributed by atoms with Gasteiger partial charge in [-0.25, -0.2) is 4.98 Å². The molecule has 0 bridgehead atoms. The second-order valence-electron chi connectivity index (χ2n) is 6.40. The number of piperidine rings is 1. The first-order chi connectivity index (χ1) is 12.6. The number of aryl methyl sites for hydroxylation is 1. The number of hydrogen-bond donors (Lipinski definition) is 1. The lowest BCUT2D eigenvalue weighted by Crippen LogP contribution is -2.41. The van der Waals surface area contributed by atoms with E-state index in [4.69, 9.17) is 16.1 Å². The highest BCUT2D eigenvalue weighted by Crippen LogP contribution is 2.30. The fourth-order valence-corrected chi connectivity index (χ4v) is 3.51. The van der Waals surface area contributed by atoms with Crippen molar-refractivity contribution in [2.45, 2.75) is 19.8 Å². The van der Waals surface area contributed by atoms with Crippen molar-refractivity contribution >= 4 is 40.1 Å². The first-order valence-electron chi connectivity index (χ1n) is 8.51. The van der Waals surface area contributed by atoms with Crippen LogP contribution in [0.3, 0.4) is 0 Å². The zero-order valence-corrected chi connectivity index (χ0v) is 15.0. The van der Waals surface area contributed by atoms with Crippen LogP contribution in [0.5, 0.6) is 0 Å². The lowest BCUT2D eigenvalue weighted by molar-refractivity contribution is -0.120. The summed E-state index contributed by atoms with van der Waals surface area (Å²) < 4.78 is 5.22. The number of anilines is 2. The van der Waals surface area contributed by atoms with Crippen LogP contribution in [-0.2, 0) is 4.79 Å². The zero-order valence-electron chi connectivity index (χ0n) is 14.3. The minimum absolute atomic E-state index is 0.0323. The van der Waals surface area contributed by atoms with Crippen molar-refractivity contribution in [3.63, 3.8) is 0 Å². The lowest BCUT2D eigenvalue weighted by Gasteiger charge is -2.33. The van der Waals surface area contributed by atoms with Gasteiger partial charge in [-0.2, -0.15) is 4.98 Å². The molecule has 1 saturated heterocycles. The first kappa shape index (κ1) is 16.8. The summed E-state index contributed by atoms with van der Waals surface area (Å²) in [5, 5.41) is 8.25. The van der Waals surface area contributed by atoms with E-state index in [0.29, 0.717) is 23.0 Å². The van der Waals surface area contributed by atoms with Gasteiger partial charge in [0.1, 0.15) is 17.5 Å². The van der Waals surface area contributed by atoms with E-state index < -0.39 is 0 Å². The predicted molar refractivity (Wildman–Crippen MR) is 99.4 cm³/mol. The number of carbonyl (C=O) groups excluding carboxylic acids is 1. The summed E-state index contributed by atoms with van der Waals surface area (Å²) >= 11 is 6.14. The van der Waals surface area contributed by atoms with Gasteiger partial charge in [-0.05, 0) is 31.9 Å². The van der Waals surface area contributed by atoms with Crippen molar-refractivity contribution in [3.8, 4) is 0 Å². The van der Waals surface area contributed by atoms with Gasteiger partial charge in [-0.15, -0.1) is 0 Å². The Bertz CT molecular complexity index is 958. The molecule has 1 fully saturated rings. The van der Waals surface area contributed by atoms with Crippen LogP contribution in [0.25, 0.3) is 11.1 Å². The number of carbonyl (C=O) groups is 1. The lowest BCUT2D eigenvalue weighted by atomic mass is 9.96. The molecule has 1 aromatic carbocycles. The highest BCUT2D eigenvalue weighted by Gasteiger charge is 2.28. The fourth-order valence-electron chi connectivity index (χ4n) is 3.32. The normalized spacial score (nSPS) is 17.5. The van der Waals surface area contributed by atoms with Crippen LogP contribution in [0.4, 0.5) is 11.5 Å². The van der Waals surface area contributed by atoms with E-state index in [9.17, 15) is 4.79 Å². The Kier molecular flexibility index (Phi) is 4.46. The maximum Gasteiger partial charge on any atom is 0.263 e. The second kappa shape index (κ2) is 6.92. The summed E-state index contributed by atoms with van der Waals surface area (Å²) in [6.07, 6.45) is 3.19. The number of nitrogens with zero attached hydrogens (tertiary/aromatic N) is 4. The molecule has 0 spiro atoms. The molecule has 0 unspecified atom stereocenters. The molecule has 0 radical (unpaired) electrons. The zero-order chi connectivity index (χ0) is 18.1. The summed E-state index contributed by atoms with van der Waals surface area (Å²) in [6.45, 7) is 3.27. The Balaban J connectivity index is 1.55. The molecule has 8 heteroatoms. The Morgan fingerprint density at radius 2 is 2.19 bits per heavy atom. The van der Waals surface area contributed by atoms with Gasteiger partial charge in [0.2, 0.25) is 5.91 Å². The molecule has 1 amide bonds. The molecule has 3 heterocycles. The summed E-state index contributed by atoms with van der Waals surface area (Å²) in [5.74, 6) is 0.587. The maximum atomic E-state index is 12.7. The third-order valence-electron chi connectivity index (χ3n) is 4.65. The van der Waals surface area contributed by atoms with Gasteiger partial charge in [0.25, 0.3) is 5.71 Å². The van der Waals surface area contributed by atoms with E-state index in [1.807, 2.05) is 19.1 Å². The van der Waals surface area contributed by atoms with Crippen molar-refractivity contribution in [1.29, 1.82) is 0 Å². The van der Waals surface area contributed by atoms with Crippen LogP contribution < -0.4 is 10.2 Å². The molecule has 1 aliphatic rings. The number of nitrogens with one attached hydrogen (secondary N) is 1. The van der Waals surface area contributed by atoms with E-state index in [1.165, 1.54) is 6.33 Å². The van der Waals surface area contributed by atoms with Crippen molar-refractivity contribution in [2.24, 2.45) is 5.92 Å². The third kappa shape index (κ3) is 3.10. The van der Waals surface area contributed by atoms with E-state index >= 15 is 0 Å². The molecule has 1 N–H and O–H groups in total. The highest BCUT2D eigenvalue weighted by atomic mass is 35.5. The Morgan fingerprint density at radius 1 is 1.35 bits per heavy atom. The van der Waals surface area contributed by atoms with Gasteiger partial charge in [-0.3, -0.25) is 4.79 Å². The van der Waals surface area contributed by atoms with E-state index in [0.717, 1.165) is 36.3 Å². The van der Waals surface area contributed by atoms with E-state index in [1.54, 1.807) is 12.1 Å². The van der Waals surface area contributed by atoms with Gasteiger partial charge >= 0.3 is 0 Å². The number of benzene rings is 1. The Hall–Kier alpha value is -2.67. The molecule has 2 aromatic heterocycles. The van der Waals surface area contributed by atoms with Crippen molar-refractivity contribution in [1.82, 2.24) is 15.1 Å². The van der Waals surface area contributed by atoms with Gasteiger partial charge in [0, 0.05) is 13.1 Å². The topological polar surface area (TPSA) is 84.2 Å². The minimum atomic E-state index is -0.148. The molecule has 1 aliphatic heterocycles. The Labute approximate surface area is 155 Å². The van der Waals surface area contributed by atoms with Crippen molar-refractivity contribution < 1.29 is 9.32 Å². The second-order valence-corrected chi connectivity index (χ2v) is 6.81. The third-order valence-corrected chi connectivity index (χ3v) is 4.98. The predicted octanol–water partition coefficient (Wildman–Crippen LogP) is 3.43. The van der Waals surface area contributed by atoms with Gasteiger partial charge in [0.15, 0.2) is 0 Å². The van der Waals surface area contributed by atoms with Crippen LogP contribution in [0.1, 0.15) is 18.5 Å². The van der Waals surface area contributed by atoms with Crippen molar-refractivity contribution in [3.05, 3.63) is 41.3 Å². The van der Waals surface area contributed by atoms with Crippen LogP contribution >= 0.6 is 11.6 Å². The quantitative estimate of drug-likeness (QED) is 0.759. The van der Waals surface area contributed by atoms with Crippen LogP contribution in [-0.4, -0.2) is 34.1 Å². The largest absolute Gasteiger partial charge is 0.355 e. The SMILES string of the molecule is Cc1noc2ncnc(N3CCC[C@H](C(=O)Nc4ccccc4Cl)C3)c12. The molecule has 4 rings (SSSR count). The summed E-state index contributed by atoms with van der Waals surface area (Å²) in [4.78, 5) is 23.4. The smallest absolute Gasteiger partial charge is 0.263 e. The van der Waals surface area contributed by atoms with Crippen LogP contribution in [0, 0.1) is 12.8 Å². The molecule has 3 aromatic rings. The monoisotopic (exact) mass is 371 g/mol.